The minimum absolute atomic E-state index is 0.313. The van der Waals surface area contributed by atoms with E-state index in [0.29, 0.717) is 0 Å². The maximum atomic E-state index is 12.4. The van der Waals surface area contributed by atoms with E-state index < -0.39 is 73.0 Å². The number of hydrogen-bond acceptors (Lipinski definition) is 8. The van der Waals surface area contributed by atoms with Gasteiger partial charge < -0.3 is 42.1 Å². The molecule has 0 aliphatic rings. The Kier molecular flexibility index (Phi) is 10.7. The molecule has 0 radical (unpaired) electrons. The molecule has 0 bridgehead atoms. The molecule has 160 valence electrons. The number of aliphatic hydroxyl groups is 2. The van der Waals surface area contributed by atoms with Gasteiger partial charge in [-0.15, -0.1) is 0 Å². The lowest BCUT2D eigenvalue weighted by Crippen LogP contribution is -2.60. The average Bonchev–Trinajstić information content (AvgIpc) is 2.59. The van der Waals surface area contributed by atoms with Crippen molar-refractivity contribution in [3.8, 4) is 0 Å². The zero-order valence-electron chi connectivity index (χ0n) is 15.4. The predicted molar refractivity (Wildman–Crippen MR) is 92.7 cm³/mol. The lowest BCUT2D eigenvalue weighted by Gasteiger charge is -2.26. The maximum absolute atomic E-state index is 12.4. The lowest BCUT2D eigenvalue weighted by molar-refractivity contribution is -0.146. The molecule has 5 atom stereocenters. The van der Waals surface area contributed by atoms with Crippen LogP contribution in [-0.4, -0.2) is 87.0 Å². The number of rotatable bonds is 12. The first-order valence-electron chi connectivity index (χ1n) is 8.31. The third kappa shape index (κ3) is 8.75. The number of carboxylic acid groups (broad SMARTS) is 2. The lowest BCUT2D eigenvalue weighted by atomic mass is 10.1. The van der Waals surface area contributed by atoms with Crippen LogP contribution in [0.3, 0.4) is 0 Å². The highest BCUT2D eigenvalue weighted by Gasteiger charge is 2.33. The molecule has 0 saturated heterocycles. The van der Waals surface area contributed by atoms with Crippen molar-refractivity contribution in [3.63, 3.8) is 0 Å². The molecule has 28 heavy (non-hydrogen) atoms. The van der Waals surface area contributed by atoms with Gasteiger partial charge in [-0.25, -0.2) is 4.79 Å². The topological polar surface area (TPSA) is 228 Å². The van der Waals surface area contributed by atoms with E-state index in [4.69, 9.17) is 15.9 Å². The van der Waals surface area contributed by atoms with Gasteiger partial charge in [-0.1, -0.05) is 0 Å². The van der Waals surface area contributed by atoms with Gasteiger partial charge in [-0.2, -0.15) is 0 Å². The van der Waals surface area contributed by atoms with Gasteiger partial charge in [-0.05, 0) is 20.3 Å². The van der Waals surface area contributed by atoms with Gasteiger partial charge in [0.1, 0.15) is 12.1 Å². The number of carboxylic acids is 2. The molecule has 13 nitrogen and oxygen atoms in total. The smallest absolute Gasteiger partial charge is 0.328 e. The summed E-state index contributed by atoms with van der Waals surface area (Å²) in [6, 6.07) is -4.67. The number of aliphatic hydroxyl groups excluding tert-OH is 2. The highest BCUT2D eigenvalue weighted by atomic mass is 16.4. The molecule has 0 aromatic heterocycles. The number of nitrogens with one attached hydrogen (secondary N) is 3. The SMILES string of the molecule is CC(O)C(NC(=O)C(NC(=O)C(CCC(=O)O)NC(=O)CN)C(C)O)C(=O)O. The van der Waals surface area contributed by atoms with Crippen LogP contribution in [0.2, 0.25) is 0 Å². The fraction of sp³-hybridized carbons (Fsp3) is 0.667. The fourth-order valence-electron chi connectivity index (χ4n) is 2.08. The zero-order valence-corrected chi connectivity index (χ0v) is 15.4. The Bertz CT molecular complexity index is 594. The van der Waals surface area contributed by atoms with Gasteiger partial charge in [-0.3, -0.25) is 19.2 Å². The first-order valence-corrected chi connectivity index (χ1v) is 8.31. The quantitative estimate of drug-likeness (QED) is 0.157. The molecular formula is C15H26N4O9. The van der Waals surface area contributed by atoms with Crippen molar-refractivity contribution >= 4 is 29.7 Å². The molecule has 0 spiro atoms. The van der Waals surface area contributed by atoms with Crippen molar-refractivity contribution in [2.75, 3.05) is 6.54 Å². The van der Waals surface area contributed by atoms with E-state index in [1.54, 1.807) is 0 Å². The van der Waals surface area contributed by atoms with Crippen LogP contribution in [0, 0.1) is 0 Å². The summed E-state index contributed by atoms with van der Waals surface area (Å²) < 4.78 is 0. The van der Waals surface area contributed by atoms with Crippen molar-refractivity contribution < 1.29 is 44.4 Å². The van der Waals surface area contributed by atoms with Gasteiger partial charge in [0.15, 0.2) is 6.04 Å². The third-order valence-electron chi connectivity index (χ3n) is 3.59. The number of amides is 3. The van der Waals surface area contributed by atoms with Crippen molar-refractivity contribution in [2.45, 2.75) is 57.0 Å². The summed E-state index contributed by atoms with van der Waals surface area (Å²) in [5.74, 6) is -5.59. The van der Waals surface area contributed by atoms with Crippen LogP contribution in [0.1, 0.15) is 26.7 Å². The van der Waals surface area contributed by atoms with Gasteiger partial charge in [0, 0.05) is 6.42 Å². The Hall–Kier alpha value is -2.77. The second kappa shape index (κ2) is 11.8. The van der Waals surface area contributed by atoms with Crippen molar-refractivity contribution in [1.29, 1.82) is 0 Å². The Labute approximate surface area is 160 Å². The summed E-state index contributed by atoms with van der Waals surface area (Å²) in [7, 11) is 0. The molecule has 0 aliphatic carbocycles. The van der Waals surface area contributed by atoms with Crippen LogP contribution < -0.4 is 21.7 Å². The standard InChI is InChI=1S/C15H26N4O9/c1-6(20)11(14(26)19-12(7(2)21)15(27)28)18-13(25)8(3-4-10(23)24)17-9(22)5-16/h6-8,11-12,20-21H,3-5,16H2,1-2H3,(H,17,22)(H,18,25)(H,19,26)(H,23,24)(H,27,28). The number of carbonyl (C=O) groups is 5. The first-order chi connectivity index (χ1) is 12.9. The summed E-state index contributed by atoms with van der Waals surface area (Å²) in [5.41, 5.74) is 5.14. The van der Waals surface area contributed by atoms with Crippen molar-refractivity contribution in [2.24, 2.45) is 5.73 Å². The molecule has 0 fully saturated rings. The zero-order chi connectivity index (χ0) is 22.0. The van der Waals surface area contributed by atoms with Crippen molar-refractivity contribution in [1.82, 2.24) is 16.0 Å². The first kappa shape index (κ1) is 25.2. The van der Waals surface area contributed by atoms with Crippen LogP contribution >= 0.6 is 0 Å². The van der Waals surface area contributed by atoms with E-state index in [0.717, 1.165) is 13.8 Å². The third-order valence-corrected chi connectivity index (χ3v) is 3.59. The Balaban J connectivity index is 5.30. The van der Waals surface area contributed by atoms with Gasteiger partial charge in [0.05, 0.1) is 18.8 Å². The normalized spacial score (nSPS) is 16.0. The summed E-state index contributed by atoms with van der Waals surface area (Å²) in [4.78, 5) is 57.8. The van der Waals surface area contributed by atoms with Gasteiger partial charge >= 0.3 is 11.9 Å². The van der Waals surface area contributed by atoms with Crippen LogP contribution in [0.4, 0.5) is 0 Å². The maximum Gasteiger partial charge on any atom is 0.328 e. The van der Waals surface area contributed by atoms with Gasteiger partial charge in [0.2, 0.25) is 17.7 Å². The molecule has 0 aliphatic heterocycles. The van der Waals surface area contributed by atoms with Crippen LogP contribution in [0.25, 0.3) is 0 Å². The highest BCUT2D eigenvalue weighted by molar-refractivity contribution is 5.94. The highest BCUT2D eigenvalue weighted by Crippen LogP contribution is 2.03. The minimum atomic E-state index is -1.69. The van der Waals surface area contributed by atoms with Crippen LogP contribution in [0.15, 0.2) is 0 Å². The molecule has 0 aromatic rings. The monoisotopic (exact) mass is 406 g/mol. The minimum Gasteiger partial charge on any atom is -0.481 e. The second-order valence-corrected chi connectivity index (χ2v) is 6.05. The van der Waals surface area contributed by atoms with E-state index in [2.05, 4.69) is 10.6 Å². The molecular weight excluding hydrogens is 380 g/mol. The number of nitrogens with two attached hydrogens (primary N) is 1. The summed E-state index contributed by atoms with van der Waals surface area (Å²) in [5, 5.41) is 43.2. The molecule has 0 aromatic carbocycles. The molecule has 0 rings (SSSR count). The molecule has 13 heteroatoms. The molecule has 3 amide bonds. The van der Waals surface area contributed by atoms with E-state index in [1.165, 1.54) is 0 Å². The molecule has 0 saturated carbocycles. The summed E-state index contributed by atoms with van der Waals surface area (Å²) >= 11 is 0. The fourth-order valence-corrected chi connectivity index (χ4v) is 2.08. The summed E-state index contributed by atoms with van der Waals surface area (Å²) in [6.07, 6.45) is -3.72. The summed E-state index contributed by atoms with van der Waals surface area (Å²) in [6.45, 7) is 1.80. The number of carbonyl (C=O) groups excluding carboxylic acids is 3. The number of aliphatic carboxylic acids is 2. The van der Waals surface area contributed by atoms with Crippen molar-refractivity contribution in [3.05, 3.63) is 0 Å². The average molecular weight is 406 g/mol. The van der Waals surface area contributed by atoms with E-state index in [9.17, 15) is 34.2 Å². The molecule has 0 heterocycles. The molecule has 5 unspecified atom stereocenters. The second-order valence-electron chi connectivity index (χ2n) is 6.05. The number of hydrogen-bond donors (Lipinski definition) is 8. The van der Waals surface area contributed by atoms with Gasteiger partial charge in [0.25, 0.3) is 0 Å². The Morgan fingerprint density at radius 1 is 0.857 bits per heavy atom. The van der Waals surface area contributed by atoms with Crippen LogP contribution in [0.5, 0.6) is 0 Å². The van der Waals surface area contributed by atoms with Crippen LogP contribution in [-0.2, 0) is 24.0 Å². The van der Waals surface area contributed by atoms with E-state index >= 15 is 0 Å². The largest absolute Gasteiger partial charge is 0.481 e. The Morgan fingerprint density at radius 3 is 1.75 bits per heavy atom. The predicted octanol–water partition coefficient (Wildman–Crippen LogP) is -3.89. The van der Waals surface area contributed by atoms with E-state index in [1.807, 2.05) is 5.32 Å². The van der Waals surface area contributed by atoms with E-state index in [-0.39, 0.29) is 6.42 Å². The molecule has 9 N–H and O–H groups in total. The Morgan fingerprint density at radius 2 is 1.36 bits per heavy atom.